The van der Waals surface area contributed by atoms with E-state index in [4.69, 9.17) is 0 Å². The van der Waals surface area contributed by atoms with Crippen LogP contribution >= 0.6 is 31.9 Å². The Kier molecular flexibility index (Phi) is 3.95. The number of Topliss-reactive ketones (excluding diaryl/α,β-unsaturated/α-hetero) is 1. The number of benzene rings is 1. The first-order valence-corrected chi connectivity index (χ1v) is 5.58. The Morgan fingerprint density at radius 3 is 2.42 bits per heavy atom. The Balaban J connectivity index is 2.79. The van der Waals surface area contributed by atoms with Gasteiger partial charge in [0.25, 0.3) is 0 Å². The molecule has 0 saturated heterocycles. The summed E-state index contributed by atoms with van der Waals surface area (Å²) in [6.07, 6.45) is 0. The van der Waals surface area contributed by atoms with Crippen molar-refractivity contribution in [1.82, 2.24) is 0 Å². The molecule has 1 rings (SSSR count). The molecule has 0 fully saturated rings. The van der Waals surface area contributed by atoms with Crippen LogP contribution in [0.3, 0.4) is 0 Å². The lowest BCUT2D eigenvalue weighted by Crippen LogP contribution is -2.14. The lowest BCUT2D eigenvalue weighted by atomic mass is 10.1. The molecule has 1 aromatic carbocycles. The summed E-state index contributed by atoms with van der Waals surface area (Å²) in [5.41, 5.74) is 0.749. The number of rotatable bonds is 3. The molecule has 12 heavy (non-hydrogen) atoms. The Labute approximate surface area is 88.4 Å². The number of ketones is 1. The molecule has 0 aliphatic carbocycles. The van der Waals surface area contributed by atoms with E-state index < -0.39 is 0 Å². The van der Waals surface area contributed by atoms with Gasteiger partial charge < -0.3 is 0 Å². The minimum Gasteiger partial charge on any atom is -0.293 e. The molecule has 1 nitrogen and oxygen atoms in total. The first-order chi connectivity index (χ1) is 5.75. The summed E-state index contributed by atoms with van der Waals surface area (Å²) in [6, 6.07) is 9.26. The number of hydrogen-bond acceptors (Lipinski definition) is 1. The average molecular weight is 292 g/mol. The molecule has 3 heteroatoms. The van der Waals surface area contributed by atoms with Crippen molar-refractivity contribution in [1.29, 1.82) is 0 Å². The van der Waals surface area contributed by atoms with Gasteiger partial charge >= 0.3 is 0 Å². The van der Waals surface area contributed by atoms with Crippen LogP contribution in [0.5, 0.6) is 0 Å². The molecular formula is C9H8Br2O. The number of carbonyl (C=O) groups excluding carboxylic acids is 1. The van der Waals surface area contributed by atoms with E-state index in [-0.39, 0.29) is 10.6 Å². The molecule has 0 aromatic heterocycles. The SMILES string of the molecule is O=C(c1ccccc1)C(Br)CBr. The average Bonchev–Trinajstić information content (AvgIpc) is 2.17. The summed E-state index contributed by atoms with van der Waals surface area (Å²) in [4.78, 5) is 11.4. The van der Waals surface area contributed by atoms with E-state index >= 15 is 0 Å². The van der Waals surface area contributed by atoms with Crippen molar-refractivity contribution >= 4 is 37.6 Å². The fourth-order valence-electron chi connectivity index (χ4n) is 0.853. The van der Waals surface area contributed by atoms with E-state index in [2.05, 4.69) is 31.9 Å². The maximum absolute atomic E-state index is 11.5. The standard InChI is InChI=1S/C9H8Br2O/c10-6-8(11)9(12)7-4-2-1-3-5-7/h1-5,8H,6H2. The van der Waals surface area contributed by atoms with Gasteiger partial charge in [-0.25, -0.2) is 0 Å². The predicted molar refractivity (Wildman–Crippen MR) is 57.3 cm³/mol. The molecule has 0 spiro atoms. The molecule has 0 N–H and O–H groups in total. The number of hydrogen-bond donors (Lipinski definition) is 0. The second-order valence-corrected chi connectivity index (χ2v) is 4.10. The smallest absolute Gasteiger partial charge is 0.177 e. The van der Waals surface area contributed by atoms with Gasteiger partial charge in [-0.05, 0) is 0 Å². The van der Waals surface area contributed by atoms with Crippen LogP contribution in [0.4, 0.5) is 0 Å². The summed E-state index contributed by atoms with van der Waals surface area (Å²) < 4.78 is 0. The highest BCUT2D eigenvalue weighted by Gasteiger charge is 2.14. The minimum absolute atomic E-state index is 0.118. The van der Waals surface area contributed by atoms with Crippen LogP contribution in [0.25, 0.3) is 0 Å². The van der Waals surface area contributed by atoms with Crippen molar-refractivity contribution in [2.24, 2.45) is 0 Å². The monoisotopic (exact) mass is 290 g/mol. The highest BCUT2D eigenvalue weighted by molar-refractivity contribution is 9.12. The van der Waals surface area contributed by atoms with Gasteiger partial charge in [-0.3, -0.25) is 4.79 Å². The Hall–Kier alpha value is -0.150. The number of alkyl halides is 2. The highest BCUT2D eigenvalue weighted by atomic mass is 79.9. The summed E-state index contributed by atoms with van der Waals surface area (Å²) in [5.74, 6) is 0.118. The molecular weight excluding hydrogens is 284 g/mol. The summed E-state index contributed by atoms with van der Waals surface area (Å²) in [7, 11) is 0. The molecule has 0 aliphatic heterocycles. The lowest BCUT2D eigenvalue weighted by Gasteiger charge is -2.03. The zero-order valence-corrected chi connectivity index (χ0v) is 9.51. The zero-order chi connectivity index (χ0) is 8.97. The first-order valence-electron chi connectivity index (χ1n) is 3.55. The van der Waals surface area contributed by atoms with E-state index in [9.17, 15) is 4.79 Å². The van der Waals surface area contributed by atoms with Gasteiger partial charge in [-0.15, -0.1) is 0 Å². The summed E-state index contributed by atoms with van der Waals surface area (Å²) >= 11 is 6.53. The first kappa shape index (κ1) is 9.93. The van der Waals surface area contributed by atoms with Crippen LogP contribution in [-0.2, 0) is 0 Å². The van der Waals surface area contributed by atoms with Crippen molar-refractivity contribution < 1.29 is 4.79 Å². The lowest BCUT2D eigenvalue weighted by molar-refractivity contribution is 0.0997. The van der Waals surface area contributed by atoms with E-state index in [0.29, 0.717) is 5.33 Å². The van der Waals surface area contributed by atoms with E-state index in [1.807, 2.05) is 30.3 Å². The molecule has 1 unspecified atom stereocenters. The van der Waals surface area contributed by atoms with Gasteiger partial charge in [0.15, 0.2) is 5.78 Å². The van der Waals surface area contributed by atoms with E-state index in [0.717, 1.165) is 5.56 Å². The van der Waals surface area contributed by atoms with Crippen LogP contribution in [0, 0.1) is 0 Å². The highest BCUT2D eigenvalue weighted by Crippen LogP contribution is 2.11. The Bertz CT molecular complexity index is 258. The second kappa shape index (κ2) is 4.77. The maximum Gasteiger partial charge on any atom is 0.177 e. The summed E-state index contributed by atoms with van der Waals surface area (Å²) in [6.45, 7) is 0. The van der Waals surface area contributed by atoms with E-state index in [1.165, 1.54) is 0 Å². The predicted octanol–water partition coefficient (Wildman–Crippen LogP) is 3.03. The third kappa shape index (κ3) is 2.42. The van der Waals surface area contributed by atoms with Crippen molar-refractivity contribution in [2.45, 2.75) is 4.83 Å². The van der Waals surface area contributed by atoms with E-state index in [1.54, 1.807) is 0 Å². The summed E-state index contributed by atoms with van der Waals surface area (Å²) in [5, 5.41) is 0.640. The van der Waals surface area contributed by atoms with Gasteiger partial charge in [-0.2, -0.15) is 0 Å². The minimum atomic E-state index is -0.125. The quantitative estimate of drug-likeness (QED) is 0.618. The fourth-order valence-corrected chi connectivity index (χ4v) is 1.41. The van der Waals surface area contributed by atoms with Crippen molar-refractivity contribution in [3.8, 4) is 0 Å². The van der Waals surface area contributed by atoms with Crippen molar-refractivity contribution in [3.63, 3.8) is 0 Å². The van der Waals surface area contributed by atoms with Crippen LogP contribution in [-0.4, -0.2) is 15.9 Å². The number of carbonyl (C=O) groups is 1. The van der Waals surface area contributed by atoms with Crippen LogP contribution < -0.4 is 0 Å². The topological polar surface area (TPSA) is 17.1 Å². The molecule has 0 amide bonds. The van der Waals surface area contributed by atoms with Crippen LogP contribution in [0.1, 0.15) is 10.4 Å². The molecule has 64 valence electrons. The third-order valence-electron chi connectivity index (χ3n) is 1.48. The van der Waals surface area contributed by atoms with Gasteiger partial charge in [0.05, 0.1) is 4.83 Å². The van der Waals surface area contributed by atoms with Gasteiger partial charge in [0, 0.05) is 10.9 Å². The molecule has 0 saturated carbocycles. The Morgan fingerprint density at radius 1 is 1.33 bits per heavy atom. The van der Waals surface area contributed by atoms with Crippen molar-refractivity contribution in [2.75, 3.05) is 5.33 Å². The second-order valence-electron chi connectivity index (χ2n) is 2.35. The number of halogens is 2. The molecule has 0 bridgehead atoms. The van der Waals surface area contributed by atoms with Gasteiger partial charge in [-0.1, -0.05) is 62.2 Å². The molecule has 1 atom stereocenters. The largest absolute Gasteiger partial charge is 0.293 e. The Morgan fingerprint density at radius 2 is 1.92 bits per heavy atom. The van der Waals surface area contributed by atoms with Crippen LogP contribution in [0.2, 0.25) is 0 Å². The normalized spacial score (nSPS) is 12.5. The van der Waals surface area contributed by atoms with Gasteiger partial charge in [0.1, 0.15) is 0 Å². The molecule has 0 radical (unpaired) electrons. The molecule has 1 aromatic rings. The zero-order valence-electron chi connectivity index (χ0n) is 6.34. The molecule has 0 aliphatic rings. The van der Waals surface area contributed by atoms with Crippen molar-refractivity contribution in [3.05, 3.63) is 35.9 Å². The van der Waals surface area contributed by atoms with Crippen LogP contribution in [0.15, 0.2) is 30.3 Å². The van der Waals surface area contributed by atoms with Gasteiger partial charge in [0.2, 0.25) is 0 Å². The maximum atomic E-state index is 11.5. The molecule has 0 heterocycles. The fraction of sp³-hybridized carbons (Fsp3) is 0.222. The third-order valence-corrected chi connectivity index (χ3v) is 3.73.